The largest absolute Gasteiger partial charge is 0.393 e. The van der Waals surface area contributed by atoms with Crippen molar-refractivity contribution in [3.63, 3.8) is 0 Å². The van der Waals surface area contributed by atoms with E-state index in [4.69, 9.17) is 4.74 Å². The summed E-state index contributed by atoms with van der Waals surface area (Å²) in [4.78, 5) is 70.2. The number of carbonyl (C=O) groups excluding carboxylic acids is 5. The fourth-order valence-electron chi connectivity index (χ4n) is 6.16. The minimum Gasteiger partial charge on any atom is -0.393 e. The zero-order valence-electron chi connectivity index (χ0n) is 31.8. The Morgan fingerprint density at radius 1 is 0.717 bits per heavy atom. The summed E-state index contributed by atoms with van der Waals surface area (Å²) in [6.07, 6.45) is 1.33. The van der Waals surface area contributed by atoms with E-state index in [0.717, 1.165) is 11.1 Å². The van der Waals surface area contributed by atoms with Crippen molar-refractivity contribution in [3.05, 3.63) is 71.8 Å². The van der Waals surface area contributed by atoms with Crippen molar-refractivity contribution in [2.45, 2.75) is 96.5 Å². The predicted octanol–water partition coefficient (Wildman–Crippen LogP) is 1.54. The summed E-state index contributed by atoms with van der Waals surface area (Å²) >= 11 is 0. The Balaban J connectivity index is 1.84. The van der Waals surface area contributed by atoms with E-state index in [0.29, 0.717) is 39.1 Å². The molecule has 1 aliphatic rings. The van der Waals surface area contributed by atoms with E-state index in [1.165, 1.54) is 6.92 Å². The van der Waals surface area contributed by atoms with Crippen LogP contribution >= 0.6 is 0 Å². The van der Waals surface area contributed by atoms with Crippen LogP contribution in [0.1, 0.15) is 65.0 Å². The number of amides is 4. The van der Waals surface area contributed by atoms with Crippen LogP contribution in [0.25, 0.3) is 0 Å². The first-order valence-corrected chi connectivity index (χ1v) is 18.6. The van der Waals surface area contributed by atoms with Crippen LogP contribution in [0.2, 0.25) is 0 Å². The summed E-state index contributed by atoms with van der Waals surface area (Å²) in [5.74, 6) is -2.89. The highest BCUT2D eigenvalue weighted by Crippen LogP contribution is 2.16. The maximum Gasteiger partial charge on any atom is 0.243 e. The van der Waals surface area contributed by atoms with Crippen LogP contribution in [-0.2, 0) is 41.6 Å². The molecular formula is C40H59N5O8. The van der Waals surface area contributed by atoms with Crippen LogP contribution in [-0.4, -0.2) is 114 Å². The maximum absolute atomic E-state index is 14.1. The number of nitrogens with zero attached hydrogens (tertiary/aromatic N) is 1. The van der Waals surface area contributed by atoms with E-state index < -0.39 is 59.9 Å². The Morgan fingerprint density at radius 3 is 1.77 bits per heavy atom. The summed E-state index contributed by atoms with van der Waals surface area (Å²) in [6.45, 7) is 10.3. The van der Waals surface area contributed by atoms with Crippen LogP contribution in [0.5, 0.6) is 0 Å². The molecule has 13 heteroatoms. The van der Waals surface area contributed by atoms with Gasteiger partial charge in [0, 0.05) is 19.5 Å². The highest BCUT2D eigenvalue weighted by atomic mass is 16.5. The lowest BCUT2D eigenvalue weighted by Gasteiger charge is -2.30. The van der Waals surface area contributed by atoms with E-state index in [1.54, 1.807) is 12.1 Å². The molecule has 13 nitrogen and oxygen atoms in total. The third-order valence-electron chi connectivity index (χ3n) is 9.12. The van der Waals surface area contributed by atoms with Gasteiger partial charge in [0.15, 0.2) is 5.78 Å². The van der Waals surface area contributed by atoms with Gasteiger partial charge in [-0.3, -0.25) is 28.9 Å². The molecule has 292 valence electrons. The Morgan fingerprint density at radius 2 is 1.21 bits per heavy atom. The van der Waals surface area contributed by atoms with Crippen LogP contribution < -0.4 is 21.3 Å². The van der Waals surface area contributed by atoms with Gasteiger partial charge in [-0.25, -0.2) is 0 Å². The lowest BCUT2D eigenvalue weighted by atomic mass is 9.90. The molecule has 0 aliphatic carbocycles. The minimum absolute atomic E-state index is 0.0279. The smallest absolute Gasteiger partial charge is 0.243 e. The summed E-state index contributed by atoms with van der Waals surface area (Å²) in [5.41, 5.74) is -0.337. The molecule has 5 atom stereocenters. The number of aliphatic hydroxyl groups is 2. The minimum atomic E-state index is -2.08. The van der Waals surface area contributed by atoms with E-state index in [2.05, 4.69) is 21.3 Å². The average molecular weight is 738 g/mol. The first-order chi connectivity index (χ1) is 25.2. The fraction of sp³-hybridized carbons (Fsp3) is 0.575. The molecule has 1 fully saturated rings. The molecule has 0 bridgehead atoms. The quantitative estimate of drug-likeness (QED) is 0.111. The number of ether oxygens (including phenoxy) is 1. The number of aliphatic hydroxyl groups excluding tert-OH is 1. The van der Waals surface area contributed by atoms with Crippen molar-refractivity contribution in [2.75, 3.05) is 39.5 Å². The van der Waals surface area contributed by atoms with Crippen molar-refractivity contribution in [1.29, 1.82) is 0 Å². The number of carbonyl (C=O) groups is 5. The van der Waals surface area contributed by atoms with Gasteiger partial charge in [-0.2, -0.15) is 0 Å². The van der Waals surface area contributed by atoms with Gasteiger partial charge in [-0.05, 0) is 55.6 Å². The molecule has 2 aromatic carbocycles. The van der Waals surface area contributed by atoms with Gasteiger partial charge in [0.2, 0.25) is 23.6 Å². The number of nitrogens with one attached hydrogen (secondary N) is 4. The van der Waals surface area contributed by atoms with Crippen molar-refractivity contribution in [1.82, 2.24) is 26.2 Å². The summed E-state index contributed by atoms with van der Waals surface area (Å²) < 4.78 is 5.39. The van der Waals surface area contributed by atoms with E-state index >= 15 is 0 Å². The highest BCUT2D eigenvalue weighted by molar-refractivity contribution is 5.97. The van der Waals surface area contributed by atoms with E-state index in [-0.39, 0.29) is 43.6 Å². The molecular weight excluding hydrogens is 678 g/mol. The van der Waals surface area contributed by atoms with Crippen LogP contribution in [0.3, 0.4) is 0 Å². The predicted molar refractivity (Wildman–Crippen MR) is 202 cm³/mol. The van der Waals surface area contributed by atoms with Crippen molar-refractivity contribution in [2.24, 2.45) is 11.8 Å². The average Bonchev–Trinajstić information content (AvgIpc) is 3.12. The number of hydrogen-bond acceptors (Lipinski definition) is 9. The third kappa shape index (κ3) is 15.0. The van der Waals surface area contributed by atoms with Crippen molar-refractivity contribution >= 4 is 29.4 Å². The van der Waals surface area contributed by atoms with E-state index in [1.807, 2.05) is 81.1 Å². The Hall–Kier alpha value is -4.17. The molecule has 1 aliphatic heterocycles. The highest BCUT2D eigenvalue weighted by Gasteiger charge is 2.38. The Bertz CT molecular complexity index is 1460. The molecule has 2 aromatic rings. The summed E-state index contributed by atoms with van der Waals surface area (Å²) in [6, 6.07) is 14.4. The molecule has 1 heterocycles. The number of morpholine rings is 1. The van der Waals surface area contributed by atoms with Gasteiger partial charge in [0.1, 0.15) is 23.7 Å². The summed E-state index contributed by atoms with van der Waals surface area (Å²) in [7, 11) is 0. The number of aryl methyl sites for hydroxylation is 1. The molecule has 0 radical (unpaired) electrons. The molecule has 1 saturated heterocycles. The molecule has 6 N–H and O–H groups in total. The Kier molecular flexibility index (Phi) is 17.5. The second kappa shape index (κ2) is 21.5. The van der Waals surface area contributed by atoms with Crippen LogP contribution in [0.4, 0.5) is 0 Å². The number of benzene rings is 2. The number of rotatable bonds is 21. The van der Waals surface area contributed by atoms with Crippen LogP contribution in [0, 0.1) is 11.8 Å². The van der Waals surface area contributed by atoms with Gasteiger partial charge in [-0.15, -0.1) is 0 Å². The molecule has 0 aromatic heterocycles. The van der Waals surface area contributed by atoms with Gasteiger partial charge in [0.25, 0.3) is 0 Å². The molecule has 0 spiro atoms. The molecule has 0 saturated carbocycles. The normalized spacial score (nSPS) is 16.8. The van der Waals surface area contributed by atoms with Crippen molar-refractivity contribution in [3.8, 4) is 0 Å². The lowest BCUT2D eigenvalue weighted by molar-refractivity contribution is -0.144. The van der Waals surface area contributed by atoms with Crippen molar-refractivity contribution < 1.29 is 38.9 Å². The SMILES string of the molecule is CC(C)C[C@H](NC(=O)[C@H](CCc1ccccc1)NC(=O)CN1CCOCC1)C(=O)N[C@@H](Cc1ccccc1)C(=O)N[C@@H](CC(C)C)C(=O)[C@@](C)(O)CO. The van der Waals surface area contributed by atoms with Gasteiger partial charge < -0.3 is 36.2 Å². The molecule has 3 rings (SSSR count). The zero-order valence-corrected chi connectivity index (χ0v) is 31.8. The zero-order chi connectivity index (χ0) is 39.0. The number of Topliss-reactive ketones (excluding diaryl/α,β-unsaturated/α-hetero) is 1. The monoisotopic (exact) mass is 737 g/mol. The van der Waals surface area contributed by atoms with Crippen LogP contribution in [0.15, 0.2) is 60.7 Å². The molecule has 4 amide bonds. The first-order valence-electron chi connectivity index (χ1n) is 18.6. The number of hydrogen-bond donors (Lipinski definition) is 6. The Labute approximate surface area is 313 Å². The fourth-order valence-corrected chi connectivity index (χ4v) is 6.16. The lowest BCUT2D eigenvalue weighted by Crippen LogP contribution is -2.60. The topological polar surface area (TPSA) is 186 Å². The maximum atomic E-state index is 14.1. The first kappa shape index (κ1) is 43.2. The van der Waals surface area contributed by atoms with Gasteiger partial charge >= 0.3 is 0 Å². The number of ketones is 1. The molecule has 53 heavy (non-hydrogen) atoms. The van der Waals surface area contributed by atoms with Gasteiger partial charge in [0.05, 0.1) is 32.4 Å². The molecule has 0 unspecified atom stereocenters. The summed E-state index contributed by atoms with van der Waals surface area (Å²) in [5, 5.41) is 31.5. The second-order valence-electron chi connectivity index (χ2n) is 15.0. The second-order valence-corrected chi connectivity index (χ2v) is 15.0. The van der Waals surface area contributed by atoms with Gasteiger partial charge in [-0.1, -0.05) is 88.4 Å². The third-order valence-corrected chi connectivity index (χ3v) is 9.12. The van der Waals surface area contributed by atoms with E-state index in [9.17, 15) is 34.2 Å². The standard InChI is InChI=1S/C40H59N5O8/c1-27(2)22-32(36(48)40(5,52)26-46)42-39(51)34(24-30-14-10-7-11-15-30)44-38(50)33(23-28(3)4)43-37(49)31(17-16-29-12-8-6-9-13-29)41-35(47)25-45-18-20-53-21-19-45/h6-15,27-28,31-34,46,52H,16-26H2,1-5H3,(H,41,47)(H,42,51)(H,43,49)(H,44,50)/t31-,32-,33-,34-,40-/m0/s1.